The van der Waals surface area contributed by atoms with Crippen molar-refractivity contribution in [3.05, 3.63) is 45.7 Å². The summed E-state index contributed by atoms with van der Waals surface area (Å²) in [6.45, 7) is 6.48. The molecule has 1 aromatic heterocycles. The van der Waals surface area contributed by atoms with Crippen molar-refractivity contribution in [1.82, 2.24) is 4.98 Å². The summed E-state index contributed by atoms with van der Waals surface area (Å²) in [5.41, 5.74) is 1.98. The smallest absolute Gasteiger partial charge is 0.296 e. The summed E-state index contributed by atoms with van der Waals surface area (Å²) in [5.74, 6) is 0.567. The standard InChI is InChI=1S/C26H29ClN2O5S/c1-5-10-33-19-8-6-15(11-20(19)32-4)22-21-23(30)17-12-16(27)7-9-18(17)34-24(21)25(31)29(22)26-28-13(2)14(3)35-26/h6,8,11,16-18,22H,5,7,9-10,12H2,1-4H3. The molecule has 7 nitrogen and oxygen atoms in total. The van der Waals surface area contributed by atoms with E-state index in [0.717, 1.165) is 29.0 Å². The number of methoxy groups -OCH3 is 1. The molecular formula is C26H29ClN2O5S. The van der Waals surface area contributed by atoms with E-state index in [2.05, 4.69) is 4.98 Å². The first kappa shape index (κ1) is 24.1. The molecule has 2 aliphatic heterocycles. The second-order valence-corrected chi connectivity index (χ2v) is 11.1. The normalized spacial score (nSPS) is 25.9. The van der Waals surface area contributed by atoms with E-state index in [1.54, 1.807) is 12.0 Å². The van der Waals surface area contributed by atoms with E-state index in [9.17, 15) is 9.59 Å². The monoisotopic (exact) mass is 516 g/mol. The number of Topliss-reactive ketones (excluding diaryl/α,β-unsaturated/α-hetero) is 1. The Morgan fingerprint density at radius 3 is 2.71 bits per heavy atom. The van der Waals surface area contributed by atoms with Gasteiger partial charge in [-0.3, -0.25) is 14.5 Å². The van der Waals surface area contributed by atoms with Gasteiger partial charge in [-0.1, -0.05) is 13.0 Å². The van der Waals surface area contributed by atoms with Crippen molar-refractivity contribution < 1.29 is 23.8 Å². The van der Waals surface area contributed by atoms with Crippen LogP contribution in [0.25, 0.3) is 0 Å². The van der Waals surface area contributed by atoms with Gasteiger partial charge in [0.25, 0.3) is 5.91 Å². The molecule has 1 amide bonds. The molecule has 3 aliphatic rings. The molecule has 0 bridgehead atoms. The number of ether oxygens (including phenoxy) is 3. The van der Waals surface area contributed by atoms with Crippen molar-refractivity contribution in [3.63, 3.8) is 0 Å². The Kier molecular flexibility index (Phi) is 6.53. The molecule has 9 heteroatoms. The number of benzene rings is 1. The topological polar surface area (TPSA) is 78.0 Å². The Balaban J connectivity index is 1.63. The summed E-state index contributed by atoms with van der Waals surface area (Å²) in [4.78, 5) is 34.9. The number of carbonyl (C=O) groups excluding carboxylic acids is 2. The maximum Gasteiger partial charge on any atom is 0.296 e. The van der Waals surface area contributed by atoms with E-state index in [-0.39, 0.29) is 34.8 Å². The number of amides is 1. The van der Waals surface area contributed by atoms with E-state index in [0.29, 0.717) is 41.7 Å². The molecule has 5 rings (SSSR count). The number of hydrogen-bond donors (Lipinski definition) is 0. The van der Waals surface area contributed by atoms with Crippen molar-refractivity contribution in [3.8, 4) is 11.5 Å². The zero-order valence-electron chi connectivity index (χ0n) is 20.3. The van der Waals surface area contributed by atoms with Crippen LogP contribution in [0.4, 0.5) is 5.13 Å². The Labute approximate surface area is 214 Å². The van der Waals surface area contributed by atoms with Gasteiger partial charge in [-0.2, -0.15) is 0 Å². The highest BCUT2D eigenvalue weighted by atomic mass is 35.5. The van der Waals surface area contributed by atoms with Gasteiger partial charge in [-0.15, -0.1) is 22.9 Å². The summed E-state index contributed by atoms with van der Waals surface area (Å²) in [7, 11) is 1.58. The molecule has 4 unspecified atom stereocenters. The fraction of sp³-hybridized carbons (Fsp3) is 0.500. The predicted molar refractivity (Wildman–Crippen MR) is 134 cm³/mol. The molecule has 0 radical (unpaired) electrons. The minimum absolute atomic E-state index is 0.0577. The average Bonchev–Trinajstić information content (AvgIpc) is 3.33. The van der Waals surface area contributed by atoms with Crippen LogP contribution in [-0.2, 0) is 14.3 Å². The van der Waals surface area contributed by atoms with Crippen LogP contribution in [0.5, 0.6) is 11.5 Å². The third kappa shape index (κ3) is 4.10. The van der Waals surface area contributed by atoms with Crippen molar-refractivity contribution in [2.75, 3.05) is 18.6 Å². The first-order valence-corrected chi connectivity index (χ1v) is 13.3. The third-order valence-corrected chi connectivity index (χ3v) is 8.44. The molecule has 2 aromatic rings. The van der Waals surface area contributed by atoms with E-state index in [1.807, 2.05) is 39.0 Å². The SMILES string of the molecule is CCCOc1ccc(C2C3=C(OC4CCC(Cl)CC4C3=O)C(=O)N2c2nc(C)c(C)s2)cc1OC. The Morgan fingerprint density at radius 1 is 1.23 bits per heavy atom. The second kappa shape index (κ2) is 9.47. The number of ketones is 1. The number of halogens is 1. The summed E-state index contributed by atoms with van der Waals surface area (Å²) in [6.07, 6.45) is 2.52. The second-order valence-electron chi connectivity index (χ2n) is 9.25. The number of hydrogen-bond acceptors (Lipinski definition) is 7. The van der Waals surface area contributed by atoms with Crippen molar-refractivity contribution in [1.29, 1.82) is 0 Å². The third-order valence-electron chi connectivity index (χ3n) is 6.97. The molecule has 0 saturated heterocycles. The quantitative estimate of drug-likeness (QED) is 0.486. The molecule has 0 spiro atoms. The Morgan fingerprint density at radius 2 is 2.03 bits per heavy atom. The van der Waals surface area contributed by atoms with Gasteiger partial charge in [0.15, 0.2) is 28.2 Å². The van der Waals surface area contributed by atoms with Gasteiger partial charge < -0.3 is 14.2 Å². The number of thiazole rings is 1. The highest BCUT2D eigenvalue weighted by molar-refractivity contribution is 7.15. The van der Waals surface area contributed by atoms with Crippen LogP contribution in [-0.4, -0.2) is 41.9 Å². The zero-order valence-corrected chi connectivity index (χ0v) is 21.9. The van der Waals surface area contributed by atoms with Crippen LogP contribution >= 0.6 is 22.9 Å². The van der Waals surface area contributed by atoms with Gasteiger partial charge in [0, 0.05) is 10.3 Å². The van der Waals surface area contributed by atoms with Gasteiger partial charge in [-0.25, -0.2) is 4.98 Å². The first-order valence-electron chi connectivity index (χ1n) is 12.0. The van der Waals surface area contributed by atoms with Gasteiger partial charge >= 0.3 is 0 Å². The van der Waals surface area contributed by atoms with E-state index >= 15 is 0 Å². The highest BCUT2D eigenvalue weighted by Crippen LogP contribution is 2.50. The lowest BCUT2D eigenvalue weighted by atomic mass is 9.77. The molecule has 1 fully saturated rings. The number of fused-ring (bicyclic) bond motifs is 1. The number of aromatic nitrogens is 1. The van der Waals surface area contributed by atoms with E-state index < -0.39 is 6.04 Å². The van der Waals surface area contributed by atoms with Crippen molar-refractivity contribution in [2.45, 2.75) is 64.0 Å². The lowest BCUT2D eigenvalue weighted by Crippen LogP contribution is -2.41. The highest BCUT2D eigenvalue weighted by Gasteiger charge is 2.54. The van der Waals surface area contributed by atoms with E-state index in [1.165, 1.54) is 11.3 Å². The van der Waals surface area contributed by atoms with Crippen LogP contribution < -0.4 is 14.4 Å². The van der Waals surface area contributed by atoms with Gasteiger partial charge in [0.2, 0.25) is 0 Å². The molecule has 4 atom stereocenters. The first-order chi connectivity index (χ1) is 16.8. The number of anilines is 1. The minimum atomic E-state index is -0.666. The molecule has 1 aliphatic carbocycles. The number of nitrogens with zero attached hydrogens (tertiary/aromatic N) is 2. The maximum absolute atomic E-state index is 13.9. The molecule has 1 aromatic carbocycles. The van der Waals surface area contributed by atoms with Crippen LogP contribution in [0.1, 0.15) is 54.8 Å². The van der Waals surface area contributed by atoms with Crippen LogP contribution in [0.15, 0.2) is 29.5 Å². The van der Waals surface area contributed by atoms with Crippen LogP contribution in [0.2, 0.25) is 0 Å². The summed E-state index contributed by atoms with van der Waals surface area (Å²) in [6, 6.07) is 4.88. The zero-order chi connectivity index (χ0) is 24.9. The van der Waals surface area contributed by atoms with Gasteiger partial charge in [-0.05, 0) is 57.2 Å². The van der Waals surface area contributed by atoms with Crippen LogP contribution in [0, 0.1) is 19.8 Å². The Bertz CT molecular complexity index is 1190. The van der Waals surface area contributed by atoms with Crippen LogP contribution in [0.3, 0.4) is 0 Å². The minimum Gasteiger partial charge on any atom is -0.493 e. The fourth-order valence-corrected chi connectivity index (χ4v) is 6.33. The molecule has 0 N–H and O–H groups in total. The molecule has 186 valence electrons. The number of aryl methyl sites for hydroxylation is 2. The summed E-state index contributed by atoms with van der Waals surface area (Å²) >= 11 is 7.86. The molecule has 1 saturated carbocycles. The van der Waals surface area contributed by atoms with Gasteiger partial charge in [0.05, 0.1) is 36.9 Å². The molecular weight excluding hydrogens is 488 g/mol. The largest absolute Gasteiger partial charge is 0.493 e. The lowest BCUT2D eigenvalue weighted by molar-refractivity contribution is -0.131. The summed E-state index contributed by atoms with van der Waals surface area (Å²) in [5, 5.41) is 0.473. The van der Waals surface area contributed by atoms with Gasteiger partial charge in [0.1, 0.15) is 6.10 Å². The lowest BCUT2D eigenvalue weighted by Gasteiger charge is -2.37. The Hall–Kier alpha value is -2.58. The molecule has 3 heterocycles. The van der Waals surface area contributed by atoms with Crippen molar-refractivity contribution >= 4 is 39.8 Å². The maximum atomic E-state index is 13.9. The predicted octanol–water partition coefficient (Wildman–Crippen LogP) is 5.27. The molecule has 35 heavy (non-hydrogen) atoms. The number of alkyl halides is 1. The summed E-state index contributed by atoms with van der Waals surface area (Å²) < 4.78 is 17.7. The number of carbonyl (C=O) groups is 2. The fourth-order valence-electron chi connectivity index (χ4n) is 5.07. The number of rotatable bonds is 6. The average molecular weight is 517 g/mol. The van der Waals surface area contributed by atoms with Crippen molar-refractivity contribution in [2.24, 2.45) is 5.92 Å². The van der Waals surface area contributed by atoms with E-state index in [4.69, 9.17) is 25.8 Å².